The van der Waals surface area contributed by atoms with Gasteiger partial charge in [0.25, 0.3) is 0 Å². The van der Waals surface area contributed by atoms with Crippen LogP contribution in [0.4, 0.5) is 5.00 Å². The van der Waals surface area contributed by atoms with Crippen molar-refractivity contribution >= 4 is 28.1 Å². The highest BCUT2D eigenvalue weighted by Crippen LogP contribution is 2.41. The van der Waals surface area contributed by atoms with Crippen molar-refractivity contribution in [2.75, 3.05) is 66.5 Å². The van der Waals surface area contributed by atoms with E-state index in [4.69, 9.17) is 0 Å². The van der Waals surface area contributed by atoms with Crippen molar-refractivity contribution in [1.82, 2.24) is 25.0 Å². The van der Waals surface area contributed by atoms with Crippen LogP contribution in [0.1, 0.15) is 22.8 Å². The molecule has 2 aromatic rings. The minimum atomic E-state index is -0.931. The number of rotatable bonds is 3. The van der Waals surface area contributed by atoms with Gasteiger partial charge in [-0.25, -0.2) is 9.79 Å². The zero-order valence-electron chi connectivity index (χ0n) is 20.0. The molecule has 0 spiro atoms. The highest BCUT2D eigenvalue weighted by molar-refractivity contribution is 7.19. The molecular weight excluding hydrogens is 440 g/mol. The fourth-order valence-electron chi connectivity index (χ4n) is 3.73. The van der Waals surface area contributed by atoms with E-state index in [-0.39, 0.29) is 5.48 Å². The van der Waals surface area contributed by atoms with E-state index in [2.05, 4.69) is 44.1 Å². The Morgan fingerprint density at radius 2 is 1.64 bits per heavy atom. The van der Waals surface area contributed by atoms with Gasteiger partial charge in [-0.05, 0) is 51.2 Å². The third-order valence-corrected chi connectivity index (χ3v) is 7.08. The largest absolute Gasteiger partial charge is 0.478 e. The number of piperazine rings is 2. The summed E-state index contributed by atoms with van der Waals surface area (Å²) in [5.74, 6) is -0.0582. The lowest BCUT2D eigenvalue weighted by Gasteiger charge is -2.33. The molecule has 33 heavy (non-hydrogen) atoms. The summed E-state index contributed by atoms with van der Waals surface area (Å²) in [5.41, 5.74) is 2.03. The van der Waals surface area contributed by atoms with Gasteiger partial charge >= 0.3 is 5.97 Å². The van der Waals surface area contributed by atoms with Crippen LogP contribution < -0.4 is 5.32 Å². The summed E-state index contributed by atoms with van der Waals surface area (Å²) in [5, 5.41) is 13.5. The zero-order valence-corrected chi connectivity index (χ0v) is 20.8. The van der Waals surface area contributed by atoms with Crippen molar-refractivity contribution in [1.29, 1.82) is 0 Å². The van der Waals surface area contributed by atoms with Crippen molar-refractivity contribution < 1.29 is 15.4 Å². The van der Waals surface area contributed by atoms with Crippen LogP contribution in [-0.2, 0) is 0 Å². The number of carboxylic acid groups (broad SMARTS) is 1. The van der Waals surface area contributed by atoms with Gasteiger partial charge in [0.2, 0.25) is 0 Å². The SMILES string of the molecule is C/C(=N\c1sc(-c2ccncc2)c(C)c1C(=O)O)N1CCN(C)CC1.CN1CCNCC1.O. The molecule has 2 aromatic heterocycles. The van der Waals surface area contributed by atoms with Gasteiger partial charge in [0.05, 0.1) is 5.56 Å². The van der Waals surface area contributed by atoms with E-state index < -0.39 is 5.97 Å². The Labute approximate surface area is 200 Å². The van der Waals surface area contributed by atoms with Gasteiger partial charge in [0.15, 0.2) is 0 Å². The van der Waals surface area contributed by atoms with Gasteiger partial charge in [0, 0.05) is 69.6 Å². The first-order valence-corrected chi connectivity index (χ1v) is 11.8. The molecule has 4 N–H and O–H groups in total. The van der Waals surface area contributed by atoms with Crippen molar-refractivity contribution in [3.63, 3.8) is 0 Å². The molecule has 0 radical (unpaired) electrons. The number of carbonyl (C=O) groups is 1. The summed E-state index contributed by atoms with van der Waals surface area (Å²) in [6.45, 7) is 12.4. The van der Waals surface area contributed by atoms with Crippen LogP contribution in [0.3, 0.4) is 0 Å². The molecule has 4 heterocycles. The van der Waals surface area contributed by atoms with Gasteiger partial charge < -0.3 is 30.6 Å². The zero-order chi connectivity index (χ0) is 23.1. The van der Waals surface area contributed by atoms with Crippen LogP contribution in [0.15, 0.2) is 29.5 Å². The van der Waals surface area contributed by atoms with E-state index in [1.54, 1.807) is 12.4 Å². The number of likely N-dealkylation sites (N-methyl/N-ethyl adjacent to an activating group) is 2. The topological polar surface area (TPSA) is 116 Å². The minimum absolute atomic E-state index is 0. The third kappa shape index (κ3) is 7.31. The molecule has 0 atom stereocenters. The third-order valence-electron chi connectivity index (χ3n) is 5.85. The summed E-state index contributed by atoms with van der Waals surface area (Å²) < 4.78 is 0. The summed E-state index contributed by atoms with van der Waals surface area (Å²) >= 11 is 1.43. The Hall–Kier alpha value is -2.37. The van der Waals surface area contributed by atoms with E-state index in [1.807, 2.05) is 26.0 Å². The Morgan fingerprint density at radius 1 is 1.06 bits per heavy atom. The van der Waals surface area contributed by atoms with Crippen LogP contribution in [0, 0.1) is 6.92 Å². The number of hydrogen-bond acceptors (Lipinski definition) is 7. The quantitative estimate of drug-likeness (QED) is 0.513. The molecule has 0 aromatic carbocycles. The standard InChI is InChI=1S/C18H22N4O2S.C5H12N2.H2O/c1-12-15(18(23)24)17(25-16(12)14-4-6-19-7-5-14)20-13(2)22-10-8-21(3)9-11-22;1-7-4-2-6-3-5-7;/h4-7H,8-11H2,1-3H3,(H,23,24);6H,2-5H2,1H3;1H2/b20-13+;;. The summed E-state index contributed by atoms with van der Waals surface area (Å²) in [6, 6.07) is 3.79. The number of hydrogen-bond donors (Lipinski definition) is 2. The molecule has 10 heteroatoms. The molecule has 9 nitrogen and oxygen atoms in total. The molecule has 2 fully saturated rings. The Balaban J connectivity index is 0.000000413. The summed E-state index contributed by atoms with van der Waals surface area (Å²) in [6.07, 6.45) is 3.43. The predicted octanol–water partition coefficient (Wildman–Crippen LogP) is 1.81. The molecule has 0 bridgehead atoms. The molecule has 0 saturated carbocycles. The van der Waals surface area contributed by atoms with Gasteiger partial charge in [-0.1, -0.05) is 0 Å². The first kappa shape index (κ1) is 26.9. The molecule has 0 aliphatic carbocycles. The summed E-state index contributed by atoms with van der Waals surface area (Å²) in [7, 11) is 4.26. The molecule has 0 unspecified atom stereocenters. The second-order valence-corrected chi connectivity index (χ2v) is 9.28. The molecule has 4 rings (SSSR count). The normalized spacial score (nSPS) is 17.7. The van der Waals surface area contributed by atoms with E-state index >= 15 is 0 Å². The van der Waals surface area contributed by atoms with Crippen molar-refractivity contribution in [3.05, 3.63) is 35.7 Å². The molecule has 0 amide bonds. The number of aromatic carboxylic acids is 1. The highest BCUT2D eigenvalue weighted by Gasteiger charge is 2.22. The van der Waals surface area contributed by atoms with Gasteiger partial charge in [-0.2, -0.15) is 0 Å². The number of aliphatic imine (C=N–C) groups is 1. The molecule has 2 aliphatic rings. The monoisotopic (exact) mass is 476 g/mol. The first-order valence-electron chi connectivity index (χ1n) is 11.0. The van der Waals surface area contributed by atoms with Gasteiger partial charge in [0.1, 0.15) is 10.8 Å². The first-order chi connectivity index (χ1) is 15.4. The molecule has 2 saturated heterocycles. The van der Waals surface area contributed by atoms with Crippen LogP contribution >= 0.6 is 11.3 Å². The Morgan fingerprint density at radius 3 is 2.15 bits per heavy atom. The van der Waals surface area contributed by atoms with E-state index in [9.17, 15) is 9.90 Å². The van der Waals surface area contributed by atoms with Crippen molar-refractivity contribution in [2.24, 2.45) is 4.99 Å². The Kier molecular flexibility index (Phi) is 10.4. The van der Waals surface area contributed by atoms with Crippen LogP contribution in [0.25, 0.3) is 10.4 Å². The smallest absolute Gasteiger partial charge is 0.339 e. The Bertz CT molecular complexity index is 920. The van der Waals surface area contributed by atoms with Crippen LogP contribution in [0.5, 0.6) is 0 Å². The lowest BCUT2D eigenvalue weighted by molar-refractivity contribution is 0.0697. The summed E-state index contributed by atoms with van der Waals surface area (Å²) in [4.78, 5) is 28.3. The number of aromatic nitrogens is 1. The minimum Gasteiger partial charge on any atom is -0.478 e. The number of thiophene rings is 1. The average molecular weight is 477 g/mol. The molecule has 182 valence electrons. The van der Waals surface area contributed by atoms with Crippen LogP contribution in [0.2, 0.25) is 0 Å². The maximum atomic E-state index is 11.8. The van der Waals surface area contributed by atoms with Gasteiger partial charge in [-0.3, -0.25) is 4.98 Å². The van der Waals surface area contributed by atoms with E-state index in [0.29, 0.717) is 10.6 Å². The maximum absolute atomic E-state index is 11.8. The number of nitrogens with zero attached hydrogens (tertiary/aromatic N) is 5. The molecule has 2 aliphatic heterocycles. The fraction of sp³-hybridized carbons (Fsp3) is 0.522. The van der Waals surface area contributed by atoms with E-state index in [0.717, 1.165) is 61.1 Å². The second kappa shape index (κ2) is 12.8. The number of nitrogens with one attached hydrogen (secondary N) is 1. The highest BCUT2D eigenvalue weighted by atomic mass is 32.1. The fourth-order valence-corrected chi connectivity index (χ4v) is 4.95. The van der Waals surface area contributed by atoms with Crippen molar-refractivity contribution in [3.8, 4) is 10.4 Å². The lowest BCUT2D eigenvalue weighted by atomic mass is 10.1. The maximum Gasteiger partial charge on any atom is 0.339 e. The van der Waals surface area contributed by atoms with E-state index in [1.165, 1.54) is 24.4 Å². The molecular formula is C23H36N6O3S. The lowest BCUT2D eigenvalue weighted by Crippen LogP contribution is -2.46. The predicted molar refractivity (Wildman–Crippen MR) is 135 cm³/mol. The average Bonchev–Trinajstić information content (AvgIpc) is 3.11. The number of amidine groups is 1. The number of carboxylic acids is 1. The van der Waals surface area contributed by atoms with Crippen LogP contribution in [-0.4, -0.2) is 109 Å². The second-order valence-electron chi connectivity index (χ2n) is 8.28. The number of pyridine rings is 1. The van der Waals surface area contributed by atoms with Gasteiger partial charge in [-0.15, -0.1) is 11.3 Å². The van der Waals surface area contributed by atoms with Crippen molar-refractivity contribution in [2.45, 2.75) is 13.8 Å².